The van der Waals surface area contributed by atoms with E-state index >= 15 is 0 Å². The van der Waals surface area contributed by atoms with Crippen molar-refractivity contribution in [1.29, 1.82) is 0 Å². The van der Waals surface area contributed by atoms with Crippen LogP contribution in [0.4, 0.5) is 11.4 Å². The molecule has 0 saturated carbocycles. The molecule has 0 N–H and O–H groups in total. The fourth-order valence-electron chi connectivity index (χ4n) is 7.73. The summed E-state index contributed by atoms with van der Waals surface area (Å²) in [5.74, 6) is -4.97. The number of rotatable bonds is 9. The maximum absolute atomic E-state index is 14.9. The number of fused-ring (bicyclic) bond motifs is 3. The molecule has 258 valence electrons. The van der Waals surface area contributed by atoms with Crippen molar-refractivity contribution in [2.24, 2.45) is 11.8 Å². The number of para-hydroxylation sites is 2. The van der Waals surface area contributed by atoms with Gasteiger partial charge in [-0.2, -0.15) is 0 Å². The van der Waals surface area contributed by atoms with Gasteiger partial charge in [0.05, 0.1) is 42.8 Å². The van der Waals surface area contributed by atoms with Gasteiger partial charge >= 0.3 is 17.9 Å². The fourth-order valence-corrected chi connectivity index (χ4v) is 7.92. The smallest absolute Gasteiger partial charge is 0.329 e. The summed E-state index contributed by atoms with van der Waals surface area (Å²) < 4.78 is 17.1. The fraction of sp³-hybridized carbons (Fsp3) is 0.300. The molecule has 10 heteroatoms. The number of anilines is 2. The third-order valence-electron chi connectivity index (χ3n) is 9.51. The number of benzene rings is 4. The number of carbonyl (C=O) groups excluding carboxylic acids is 4. The molecular weight excluding hydrogens is 656 g/mol. The van der Waals surface area contributed by atoms with E-state index in [1.807, 2.05) is 65.6 Å². The molecule has 0 spiro atoms. The average Bonchev–Trinajstić information content (AvgIpc) is 3.37. The molecule has 0 radical (unpaired) electrons. The monoisotopic (exact) mass is 694 g/mol. The first kappa shape index (κ1) is 34.7. The molecule has 0 aliphatic carbocycles. The number of ether oxygens (including phenoxy) is 3. The molecule has 0 unspecified atom stereocenters. The van der Waals surface area contributed by atoms with Crippen LogP contribution in [0, 0.1) is 11.8 Å². The molecule has 1 fully saturated rings. The Morgan fingerprint density at radius 1 is 0.700 bits per heavy atom. The first-order chi connectivity index (χ1) is 24.3. The van der Waals surface area contributed by atoms with E-state index in [0.29, 0.717) is 33.1 Å². The van der Waals surface area contributed by atoms with Crippen molar-refractivity contribution in [2.75, 3.05) is 29.6 Å². The van der Waals surface area contributed by atoms with Crippen molar-refractivity contribution >= 4 is 46.8 Å². The Balaban J connectivity index is 1.77. The van der Waals surface area contributed by atoms with Crippen LogP contribution in [0.15, 0.2) is 109 Å². The summed E-state index contributed by atoms with van der Waals surface area (Å²) in [5, 5.41) is 0.458. The summed E-state index contributed by atoms with van der Waals surface area (Å²) in [6.45, 7) is 5.15. The van der Waals surface area contributed by atoms with E-state index in [1.54, 1.807) is 74.2 Å². The summed E-state index contributed by atoms with van der Waals surface area (Å²) in [4.78, 5) is 61.5. The molecule has 5 atom stereocenters. The Labute approximate surface area is 296 Å². The summed E-state index contributed by atoms with van der Waals surface area (Å²) in [5.41, 5.74) is 1.28. The normalized spacial score (nSPS) is 22.5. The van der Waals surface area contributed by atoms with Gasteiger partial charge in [-0.1, -0.05) is 84.4 Å². The van der Waals surface area contributed by atoms with Gasteiger partial charge in [-0.25, -0.2) is 4.79 Å². The Morgan fingerprint density at radius 3 is 1.92 bits per heavy atom. The Kier molecular flexibility index (Phi) is 10.2. The number of hydrogen-bond acceptors (Lipinski definition) is 8. The summed E-state index contributed by atoms with van der Waals surface area (Å²) in [6, 6.07) is 30.6. The van der Waals surface area contributed by atoms with Crippen molar-refractivity contribution in [3.05, 3.63) is 131 Å². The predicted octanol–water partition coefficient (Wildman–Crippen LogP) is 7.14. The van der Waals surface area contributed by atoms with Crippen LogP contribution in [0.25, 0.3) is 0 Å². The van der Waals surface area contributed by atoms with Crippen LogP contribution in [-0.4, -0.2) is 49.7 Å². The zero-order valence-corrected chi connectivity index (χ0v) is 28.9. The van der Waals surface area contributed by atoms with Crippen molar-refractivity contribution in [3.8, 4) is 0 Å². The predicted molar refractivity (Wildman–Crippen MR) is 190 cm³/mol. The lowest BCUT2D eigenvalue weighted by Crippen LogP contribution is -2.52. The van der Waals surface area contributed by atoms with E-state index in [9.17, 15) is 19.2 Å². The van der Waals surface area contributed by atoms with Crippen LogP contribution in [0.2, 0.25) is 5.02 Å². The summed E-state index contributed by atoms with van der Waals surface area (Å²) in [7, 11) is 0. The highest BCUT2D eigenvalue weighted by Gasteiger charge is 2.69. The van der Waals surface area contributed by atoms with E-state index in [-0.39, 0.29) is 32.1 Å². The number of halogens is 1. The minimum atomic E-state index is -1.45. The van der Waals surface area contributed by atoms with Crippen LogP contribution >= 0.6 is 11.6 Å². The van der Waals surface area contributed by atoms with Gasteiger partial charge in [-0.05, 0) is 68.3 Å². The second kappa shape index (κ2) is 14.8. The van der Waals surface area contributed by atoms with E-state index in [1.165, 1.54) is 0 Å². The van der Waals surface area contributed by atoms with Gasteiger partial charge in [0.1, 0.15) is 17.9 Å². The SMILES string of the molecule is CCOC(=O)[C@@H]1[C@@H](C(=O)OCC)N2c3ccccc3N(C(=O)c3ccccc3)[C@@H](c3cccc(Cl)c3)C[C@@]2(c2ccccc2)[C@@H]1C(=O)OCC. The van der Waals surface area contributed by atoms with Crippen molar-refractivity contribution < 1.29 is 33.4 Å². The summed E-state index contributed by atoms with van der Waals surface area (Å²) >= 11 is 6.62. The topological polar surface area (TPSA) is 102 Å². The van der Waals surface area contributed by atoms with Crippen LogP contribution in [0.5, 0.6) is 0 Å². The number of hydrogen-bond donors (Lipinski definition) is 0. The van der Waals surface area contributed by atoms with E-state index in [2.05, 4.69) is 0 Å². The van der Waals surface area contributed by atoms with Crippen LogP contribution in [0.3, 0.4) is 0 Å². The lowest BCUT2D eigenvalue weighted by Gasteiger charge is -2.44. The maximum Gasteiger partial charge on any atom is 0.329 e. The lowest BCUT2D eigenvalue weighted by atomic mass is 9.70. The molecule has 9 nitrogen and oxygen atoms in total. The number of carbonyl (C=O) groups is 4. The van der Waals surface area contributed by atoms with E-state index in [4.69, 9.17) is 25.8 Å². The first-order valence-corrected chi connectivity index (χ1v) is 17.2. The van der Waals surface area contributed by atoms with Crippen molar-refractivity contribution in [1.82, 2.24) is 0 Å². The largest absolute Gasteiger partial charge is 0.466 e. The highest BCUT2D eigenvalue weighted by Crippen LogP contribution is 2.61. The molecule has 6 rings (SSSR count). The van der Waals surface area contributed by atoms with Crippen LogP contribution in [-0.2, 0) is 34.1 Å². The number of esters is 3. The molecule has 0 aromatic heterocycles. The second-order valence-electron chi connectivity index (χ2n) is 12.2. The number of amides is 1. The van der Waals surface area contributed by atoms with Crippen LogP contribution in [0.1, 0.15) is 54.7 Å². The lowest BCUT2D eigenvalue weighted by molar-refractivity contribution is -0.163. The Bertz CT molecular complexity index is 1870. The molecule has 1 amide bonds. The molecule has 1 saturated heterocycles. The minimum absolute atomic E-state index is 0.0276. The van der Waals surface area contributed by atoms with Gasteiger partial charge in [-0.3, -0.25) is 19.3 Å². The first-order valence-electron chi connectivity index (χ1n) is 16.9. The molecule has 2 heterocycles. The zero-order chi connectivity index (χ0) is 35.4. The molecule has 2 aliphatic heterocycles. The third-order valence-corrected chi connectivity index (χ3v) is 9.75. The van der Waals surface area contributed by atoms with Gasteiger partial charge in [-0.15, -0.1) is 0 Å². The van der Waals surface area contributed by atoms with Gasteiger partial charge in [0, 0.05) is 17.0 Å². The zero-order valence-electron chi connectivity index (χ0n) is 28.2. The van der Waals surface area contributed by atoms with Gasteiger partial charge in [0.2, 0.25) is 0 Å². The van der Waals surface area contributed by atoms with Gasteiger partial charge in [0.25, 0.3) is 5.91 Å². The molecule has 50 heavy (non-hydrogen) atoms. The molecule has 0 bridgehead atoms. The second-order valence-corrected chi connectivity index (χ2v) is 12.6. The van der Waals surface area contributed by atoms with Gasteiger partial charge in [0.15, 0.2) is 0 Å². The standard InChI is InChI=1S/C40H39ClN2O7/c1-4-48-37(45)33-34(38(46)49-5-2)40(28-19-11-8-12-20-28)25-32(27-18-15-21-29(41)24-27)42(36(44)26-16-9-7-10-17-26)30-22-13-14-23-31(30)43(40)35(33)39(47)50-6-3/h7-24,32-35H,4-6,25H2,1-3H3/t32-,33+,34+,35+,40-/m1/s1. The van der Waals surface area contributed by atoms with E-state index < -0.39 is 47.4 Å². The minimum Gasteiger partial charge on any atom is -0.466 e. The van der Waals surface area contributed by atoms with Gasteiger partial charge < -0.3 is 19.1 Å². The Hall–Kier alpha value is -5.15. The number of nitrogens with zero attached hydrogens (tertiary/aromatic N) is 2. The highest BCUT2D eigenvalue weighted by atomic mass is 35.5. The highest BCUT2D eigenvalue weighted by molar-refractivity contribution is 6.30. The quantitative estimate of drug-likeness (QED) is 0.135. The Morgan fingerprint density at radius 2 is 1.28 bits per heavy atom. The maximum atomic E-state index is 14.9. The third kappa shape index (κ3) is 6.00. The van der Waals surface area contributed by atoms with Crippen molar-refractivity contribution in [3.63, 3.8) is 0 Å². The molecule has 4 aromatic carbocycles. The van der Waals surface area contributed by atoms with Crippen LogP contribution < -0.4 is 9.80 Å². The summed E-state index contributed by atoms with van der Waals surface area (Å²) in [6.07, 6.45) is 0.0555. The van der Waals surface area contributed by atoms with Crippen molar-refractivity contribution in [2.45, 2.75) is 44.8 Å². The average molecular weight is 695 g/mol. The van der Waals surface area contributed by atoms with E-state index in [0.717, 1.165) is 0 Å². The molecular formula is C40H39ClN2O7. The molecule has 4 aromatic rings. The molecule has 2 aliphatic rings.